The van der Waals surface area contributed by atoms with E-state index in [0.717, 1.165) is 24.2 Å². The number of hydrogen-bond acceptors (Lipinski definition) is 3. The fourth-order valence-corrected chi connectivity index (χ4v) is 2.23. The lowest BCUT2D eigenvalue weighted by atomic mass is 10.1. The van der Waals surface area contributed by atoms with Gasteiger partial charge in [-0.25, -0.2) is 0 Å². The van der Waals surface area contributed by atoms with E-state index in [1.54, 1.807) is 4.90 Å². The zero-order chi connectivity index (χ0) is 14.5. The van der Waals surface area contributed by atoms with Gasteiger partial charge in [0.2, 0.25) is 0 Å². The van der Waals surface area contributed by atoms with Crippen LogP contribution in [0.4, 0.5) is 0 Å². The molecule has 1 heterocycles. The summed E-state index contributed by atoms with van der Waals surface area (Å²) in [5.74, 6) is -0.943. The molecule has 0 unspecified atom stereocenters. The van der Waals surface area contributed by atoms with Gasteiger partial charge < -0.3 is 15.1 Å². The maximum atomic E-state index is 12.0. The lowest BCUT2D eigenvalue weighted by Crippen LogP contribution is -2.51. The molecule has 1 fully saturated rings. The second-order valence-electron chi connectivity index (χ2n) is 5.27. The Balaban J connectivity index is 1.84. The summed E-state index contributed by atoms with van der Waals surface area (Å²) < 4.78 is 0. The number of likely N-dealkylation sites (N-methyl/N-ethyl adjacent to an activating group) is 1. The van der Waals surface area contributed by atoms with Crippen LogP contribution >= 0.6 is 0 Å². The molecule has 0 saturated carbocycles. The molecule has 0 radical (unpaired) electrons. The summed E-state index contributed by atoms with van der Waals surface area (Å²) in [7, 11) is 2.01. The molecule has 0 spiro atoms. The molecule has 108 valence electrons. The fraction of sp³-hybridized carbons (Fsp3) is 0.467. The van der Waals surface area contributed by atoms with Crippen molar-refractivity contribution in [1.82, 2.24) is 15.1 Å². The standard InChI is InChI=1S/C15H21N3O2/c1-12-4-3-5-13(10-12)11-16-14(19)15(20)18-8-6-17(2)7-9-18/h3-5,10H,6-9,11H2,1-2H3,(H,16,19). The highest BCUT2D eigenvalue weighted by molar-refractivity contribution is 6.34. The van der Waals surface area contributed by atoms with Crippen molar-refractivity contribution in [3.05, 3.63) is 35.4 Å². The van der Waals surface area contributed by atoms with Crippen LogP contribution in [0.25, 0.3) is 0 Å². The largest absolute Gasteiger partial charge is 0.344 e. The Morgan fingerprint density at radius 2 is 1.90 bits per heavy atom. The van der Waals surface area contributed by atoms with Crippen molar-refractivity contribution in [1.29, 1.82) is 0 Å². The van der Waals surface area contributed by atoms with Crippen molar-refractivity contribution >= 4 is 11.8 Å². The van der Waals surface area contributed by atoms with E-state index in [0.29, 0.717) is 19.6 Å². The monoisotopic (exact) mass is 275 g/mol. The van der Waals surface area contributed by atoms with Gasteiger partial charge in [-0.2, -0.15) is 0 Å². The molecule has 0 atom stereocenters. The smallest absolute Gasteiger partial charge is 0.311 e. The maximum absolute atomic E-state index is 12.0. The molecular weight excluding hydrogens is 254 g/mol. The van der Waals surface area contributed by atoms with Crippen molar-refractivity contribution in [3.63, 3.8) is 0 Å². The van der Waals surface area contributed by atoms with Gasteiger partial charge in [-0.3, -0.25) is 9.59 Å². The van der Waals surface area contributed by atoms with E-state index in [2.05, 4.69) is 10.2 Å². The molecule has 1 aliphatic heterocycles. The van der Waals surface area contributed by atoms with Crippen LogP contribution in [0.2, 0.25) is 0 Å². The van der Waals surface area contributed by atoms with Crippen molar-refractivity contribution in [2.75, 3.05) is 33.2 Å². The molecule has 1 aromatic carbocycles. The quantitative estimate of drug-likeness (QED) is 0.794. The Morgan fingerprint density at radius 3 is 2.55 bits per heavy atom. The average molecular weight is 275 g/mol. The van der Waals surface area contributed by atoms with E-state index in [4.69, 9.17) is 0 Å². The fourth-order valence-electron chi connectivity index (χ4n) is 2.23. The number of benzene rings is 1. The first-order valence-corrected chi connectivity index (χ1v) is 6.87. The molecule has 1 N–H and O–H groups in total. The average Bonchev–Trinajstić information content (AvgIpc) is 2.45. The number of aryl methyl sites for hydroxylation is 1. The molecule has 1 saturated heterocycles. The van der Waals surface area contributed by atoms with Crippen molar-refractivity contribution in [2.24, 2.45) is 0 Å². The van der Waals surface area contributed by atoms with Gasteiger partial charge in [0.05, 0.1) is 0 Å². The number of carbonyl (C=O) groups excluding carboxylic acids is 2. The summed E-state index contributed by atoms with van der Waals surface area (Å²) in [6, 6.07) is 7.88. The van der Waals surface area contributed by atoms with E-state index in [1.165, 1.54) is 0 Å². The third-order valence-corrected chi connectivity index (χ3v) is 3.52. The number of nitrogens with one attached hydrogen (secondary N) is 1. The summed E-state index contributed by atoms with van der Waals surface area (Å²) in [5, 5.41) is 2.69. The Hall–Kier alpha value is -1.88. The van der Waals surface area contributed by atoms with Crippen LogP contribution in [0.1, 0.15) is 11.1 Å². The van der Waals surface area contributed by atoms with Gasteiger partial charge in [0.1, 0.15) is 0 Å². The van der Waals surface area contributed by atoms with E-state index in [-0.39, 0.29) is 0 Å². The highest BCUT2D eigenvalue weighted by Crippen LogP contribution is 2.04. The van der Waals surface area contributed by atoms with Crippen molar-refractivity contribution in [2.45, 2.75) is 13.5 Å². The molecule has 2 rings (SSSR count). The number of carbonyl (C=O) groups is 2. The maximum Gasteiger partial charge on any atom is 0.311 e. The van der Waals surface area contributed by atoms with E-state index in [9.17, 15) is 9.59 Å². The minimum atomic E-state index is -0.518. The normalized spacial score (nSPS) is 16.0. The minimum Gasteiger partial charge on any atom is -0.344 e. The molecule has 5 heteroatoms. The topological polar surface area (TPSA) is 52.7 Å². The Morgan fingerprint density at radius 1 is 1.20 bits per heavy atom. The predicted octanol–water partition coefficient (Wildman–Crippen LogP) is 0.385. The van der Waals surface area contributed by atoms with Crippen LogP contribution < -0.4 is 5.32 Å². The second kappa shape index (κ2) is 6.52. The lowest BCUT2D eigenvalue weighted by molar-refractivity contribution is -0.146. The minimum absolute atomic E-state index is 0.389. The van der Waals surface area contributed by atoms with E-state index < -0.39 is 11.8 Å². The van der Waals surface area contributed by atoms with Gasteiger partial charge in [-0.1, -0.05) is 29.8 Å². The van der Waals surface area contributed by atoms with Crippen LogP contribution in [0, 0.1) is 6.92 Å². The zero-order valence-electron chi connectivity index (χ0n) is 12.1. The second-order valence-corrected chi connectivity index (χ2v) is 5.27. The van der Waals surface area contributed by atoms with Crippen LogP contribution in [-0.2, 0) is 16.1 Å². The molecule has 1 aromatic rings. The van der Waals surface area contributed by atoms with Crippen LogP contribution in [-0.4, -0.2) is 54.8 Å². The zero-order valence-corrected chi connectivity index (χ0v) is 12.1. The Kier molecular flexibility index (Phi) is 4.74. The summed E-state index contributed by atoms with van der Waals surface area (Å²) in [5.41, 5.74) is 2.15. The summed E-state index contributed by atoms with van der Waals surface area (Å²) >= 11 is 0. The van der Waals surface area contributed by atoms with Crippen LogP contribution in [0.15, 0.2) is 24.3 Å². The van der Waals surface area contributed by atoms with Crippen LogP contribution in [0.3, 0.4) is 0 Å². The van der Waals surface area contributed by atoms with Gasteiger partial charge >= 0.3 is 11.8 Å². The van der Waals surface area contributed by atoms with Crippen molar-refractivity contribution < 1.29 is 9.59 Å². The molecule has 2 amide bonds. The third-order valence-electron chi connectivity index (χ3n) is 3.52. The molecular formula is C15H21N3O2. The van der Waals surface area contributed by atoms with Gasteiger partial charge in [0.15, 0.2) is 0 Å². The lowest BCUT2D eigenvalue weighted by Gasteiger charge is -2.31. The molecule has 20 heavy (non-hydrogen) atoms. The number of hydrogen-bond donors (Lipinski definition) is 1. The molecule has 0 bridgehead atoms. The Labute approximate surface area is 119 Å². The number of nitrogens with zero attached hydrogens (tertiary/aromatic N) is 2. The summed E-state index contributed by atoms with van der Waals surface area (Å²) in [6.45, 7) is 5.26. The summed E-state index contributed by atoms with van der Waals surface area (Å²) in [6.07, 6.45) is 0. The number of piperazine rings is 1. The summed E-state index contributed by atoms with van der Waals surface area (Å²) in [4.78, 5) is 27.6. The first-order chi connectivity index (χ1) is 9.56. The first-order valence-electron chi connectivity index (χ1n) is 6.87. The van der Waals surface area contributed by atoms with Crippen LogP contribution in [0.5, 0.6) is 0 Å². The SMILES string of the molecule is Cc1cccc(CNC(=O)C(=O)N2CCN(C)CC2)c1. The van der Waals surface area contributed by atoms with Gasteiger partial charge in [-0.05, 0) is 19.5 Å². The highest BCUT2D eigenvalue weighted by Gasteiger charge is 2.24. The molecule has 0 aromatic heterocycles. The molecule has 1 aliphatic rings. The Bertz CT molecular complexity index is 494. The first kappa shape index (κ1) is 14.5. The predicted molar refractivity (Wildman–Crippen MR) is 77.1 cm³/mol. The van der Waals surface area contributed by atoms with Crippen molar-refractivity contribution in [3.8, 4) is 0 Å². The van der Waals surface area contributed by atoms with Gasteiger partial charge in [0, 0.05) is 32.7 Å². The van der Waals surface area contributed by atoms with E-state index in [1.807, 2.05) is 38.2 Å². The molecule has 5 nitrogen and oxygen atoms in total. The number of amides is 2. The van der Waals surface area contributed by atoms with Gasteiger partial charge in [-0.15, -0.1) is 0 Å². The third kappa shape index (κ3) is 3.81. The highest BCUT2D eigenvalue weighted by atomic mass is 16.2. The molecule has 0 aliphatic carbocycles. The van der Waals surface area contributed by atoms with E-state index >= 15 is 0 Å². The number of rotatable bonds is 2. The van der Waals surface area contributed by atoms with Gasteiger partial charge in [0.25, 0.3) is 0 Å².